The third kappa shape index (κ3) is 4.59. The van der Waals surface area contributed by atoms with Gasteiger partial charge in [-0.2, -0.15) is 0 Å². The Morgan fingerprint density at radius 3 is 2.57 bits per heavy atom. The van der Waals surface area contributed by atoms with E-state index in [1.165, 1.54) is 24.3 Å². The van der Waals surface area contributed by atoms with E-state index in [9.17, 15) is 14.0 Å². The van der Waals surface area contributed by atoms with E-state index >= 15 is 0 Å². The Balaban J connectivity index is 2.07. The Kier molecular flexibility index (Phi) is 5.44. The Bertz CT molecular complexity index is 711. The summed E-state index contributed by atoms with van der Waals surface area (Å²) >= 11 is 1.05. The molecule has 0 saturated heterocycles. The topological polar surface area (TPSA) is 68.3 Å². The van der Waals surface area contributed by atoms with E-state index < -0.39 is 17.7 Å². The fourth-order valence-electron chi connectivity index (χ4n) is 1.72. The van der Waals surface area contributed by atoms with Crippen molar-refractivity contribution in [2.24, 2.45) is 5.92 Å². The van der Waals surface area contributed by atoms with Gasteiger partial charge in [0, 0.05) is 5.56 Å². The van der Waals surface area contributed by atoms with Crippen LogP contribution in [0, 0.1) is 18.7 Å². The molecule has 2 aromatic rings. The predicted molar refractivity (Wildman–Crippen MR) is 86.3 cm³/mol. The number of rotatable bonds is 5. The fourth-order valence-corrected chi connectivity index (χ4v) is 2.57. The second-order valence-electron chi connectivity index (χ2n) is 5.39. The average molecular weight is 336 g/mol. The molecule has 0 fully saturated rings. The molecule has 5 nitrogen and oxygen atoms in total. The summed E-state index contributed by atoms with van der Waals surface area (Å²) in [6, 6.07) is 5.17. The number of esters is 1. The minimum Gasteiger partial charge on any atom is -0.461 e. The van der Waals surface area contributed by atoms with Crippen LogP contribution in [0.1, 0.15) is 39.6 Å². The number of nitrogens with zero attached hydrogens (tertiary/aromatic N) is 1. The van der Waals surface area contributed by atoms with Gasteiger partial charge in [-0.05, 0) is 37.1 Å². The number of aryl methyl sites for hydroxylation is 1. The van der Waals surface area contributed by atoms with Crippen molar-refractivity contribution in [3.8, 4) is 0 Å². The number of carbonyl (C=O) groups is 2. The summed E-state index contributed by atoms with van der Waals surface area (Å²) in [5, 5.41) is 2.90. The zero-order chi connectivity index (χ0) is 17.0. The fraction of sp³-hybridized carbons (Fsp3) is 0.312. The third-order valence-corrected chi connectivity index (χ3v) is 3.91. The Morgan fingerprint density at radius 1 is 1.30 bits per heavy atom. The first kappa shape index (κ1) is 17.1. The molecule has 1 amide bonds. The van der Waals surface area contributed by atoms with Gasteiger partial charge in [0.15, 0.2) is 5.13 Å². The summed E-state index contributed by atoms with van der Waals surface area (Å²) in [7, 11) is 0. The highest BCUT2D eigenvalue weighted by Crippen LogP contribution is 2.24. The molecule has 2 rings (SSSR count). The molecule has 1 aromatic carbocycles. The monoisotopic (exact) mass is 336 g/mol. The van der Waals surface area contributed by atoms with Gasteiger partial charge in [0.2, 0.25) is 0 Å². The van der Waals surface area contributed by atoms with Crippen LogP contribution in [0.25, 0.3) is 0 Å². The molecule has 23 heavy (non-hydrogen) atoms. The van der Waals surface area contributed by atoms with E-state index in [-0.39, 0.29) is 5.92 Å². The van der Waals surface area contributed by atoms with Crippen molar-refractivity contribution < 1.29 is 18.7 Å². The van der Waals surface area contributed by atoms with Crippen LogP contribution in [0.2, 0.25) is 0 Å². The molecule has 0 saturated carbocycles. The number of hydrogen-bond donors (Lipinski definition) is 1. The van der Waals surface area contributed by atoms with Crippen LogP contribution in [0.15, 0.2) is 24.3 Å². The zero-order valence-electron chi connectivity index (χ0n) is 13.1. The molecule has 0 unspecified atom stereocenters. The van der Waals surface area contributed by atoms with Gasteiger partial charge in [0.1, 0.15) is 10.7 Å². The lowest BCUT2D eigenvalue weighted by atomic mass is 10.2. The van der Waals surface area contributed by atoms with E-state index in [1.807, 2.05) is 13.8 Å². The standard InChI is InChI=1S/C16H17FN2O3S/c1-9(2)8-22-15(21)13-10(3)18-16(23-13)19-14(20)11-4-6-12(17)7-5-11/h4-7,9H,8H2,1-3H3,(H,18,19,20). The number of nitrogens with one attached hydrogen (secondary N) is 1. The lowest BCUT2D eigenvalue weighted by molar-refractivity contribution is 0.0463. The van der Waals surface area contributed by atoms with Crippen molar-refractivity contribution in [1.29, 1.82) is 0 Å². The molecule has 0 spiro atoms. The van der Waals surface area contributed by atoms with Gasteiger partial charge in [-0.25, -0.2) is 14.2 Å². The van der Waals surface area contributed by atoms with E-state index in [4.69, 9.17) is 4.74 Å². The second-order valence-corrected chi connectivity index (χ2v) is 6.39. The Labute approximate surface area is 137 Å². The summed E-state index contributed by atoms with van der Waals surface area (Å²) in [5.41, 5.74) is 0.807. The second kappa shape index (κ2) is 7.32. The number of aromatic nitrogens is 1. The summed E-state index contributed by atoms with van der Waals surface area (Å²) in [6.07, 6.45) is 0. The Morgan fingerprint density at radius 2 is 1.96 bits per heavy atom. The molecule has 0 aliphatic rings. The first-order valence-electron chi connectivity index (χ1n) is 7.08. The van der Waals surface area contributed by atoms with Gasteiger partial charge in [-0.15, -0.1) is 0 Å². The van der Waals surface area contributed by atoms with Crippen molar-refractivity contribution in [1.82, 2.24) is 4.98 Å². The molecule has 1 N–H and O–H groups in total. The van der Waals surface area contributed by atoms with Crippen LogP contribution in [-0.4, -0.2) is 23.5 Å². The lowest BCUT2D eigenvalue weighted by Crippen LogP contribution is -2.11. The smallest absolute Gasteiger partial charge is 0.350 e. The van der Waals surface area contributed by atoms with Gasteiger partial charge >= 0.3 is 5.97 Å². The molecular formula is C16H17FN2O3S. The van der Waals surface area contributed by atoms with Gasteiger partial charge in [-0.3, -0.25) is 10.1 Å². The lowest BCUT2D eigenvalue weighted by Gasteiger charge is -2.05. The van der Waals surface area contributed by atoms with Crippen molar-refractivity contribution in [3.05, 3.63) is 46.2 Å². The van der Waals surface area contributed by atoms with Gasteiger partial charge < -0.3 is 4.74 Å². The summed E-state index contributed by atoms with van der Waals surface area (Å²) in [4.78, 5) is 28.5. The van der Waals surface area contributed by atoms with E-state index in [0.29, 0.717) is 27.9 Å². The molecule has 0 bridgehead atoms. The van der Waals surface area contributed by atoms with Gasteiger partial charge in [-0.1, -0.05) is 25.2 Å². The summed E-state index contributed by atoms with van der Waals surface area (Å²) in [5.74, 6) is -1.04. The maximum atomic E-state index is 12.9. The molecule has 0 atom stereocenters. The molecule has 0 radical (unpaired) electrons. The van der Waals surface area contributed by atoms with Crippen LogP contribution in [0.3, 0.4) is 0 Å². The van der Waals surface area contributed by atoms with Crippen LogP contribution in [-0.2, 0) is 4.74 Å². The minimum atomic E-state index is -0.448. The summed E-state index contributed by atoms with van der Waals surface area (Å²) in [6.45, 7) is 5.89. The number of thiazole rings is 1. The normalized spacial score (nSPS) is 10.7. The Hall–Kier alpha value is -2.28. The number of benzene rings is 1. The minimum absolute atomic E-state index is 0.241. The third-order valence-electron chi connectivity index (χ3n) is 2.86. The number of anilines is 1. The van der Waals surface area contributed by atoms with Crippen LogP contribution in [0.4, 0.5) is 9.52 Å². The number of carbonyl (C=O) groups excluding carboxylic acids is 2. The molecule has 1 heterocycles. The number of halogens is 1. The summed E-state index contributed by atoms with van der Waals surface area (Å²) < 4.78 is 18.0. The molecule has 0 aliphatic heterocycles. The molecule has 122 valence electrons. The van der Waals surface area contributed by atoms with Crippen LogP contribution in [0.5, 0.6) is 0 Å². The number of amides is 1. The predicted octanol–water partition coefficient (Wildman–Crippen LogP) is 3.66. The largest absolute Gasteiger partial charge is 0.461 e. The maximum Gasteiger partial charge on any atom is 0.350 e. The zero-order valence-corrected chi connectivity index (χ0v) is 13.9. The number of ether oxygens (including phenoxy) is 1. The highest BCUT2D eigenvalue weighted by Gasteiger charge is 2.18. The average Bonchev–Trinajstić information content (AvgIpc) is 2.86. The van der Waals surface area contributed by atoms with Crippen molar-refractivity contribution in [2.75, 3.05) is 11.9 Å². The van der Waals surface area contributed by atoms with Gasteiger partial charge in [0.05, 0.1) is 12.3 Å². The van der Waals surface area contributed by atoms with E-state index in [0.717, 1.165) is 11.3 Å². The van der Waals surface area contributed by atoms with Crippen molar-refractivity contribution in [2.45, 2.75) is 20.8 Å². The van der Waals surface area contributed by atoms with Gasteiger partial charge in [0.25, 0.3) is 5.91 Å². The van der Waals surface area contributed by atoms with Crippen LogP contribution >= 0.6 is 11.3 Å². The number of hydrogen-bond acceptors (Lipinski definition) is 5. The van der Waals surface area contributed by atoms with Crippen molar-refractivity contribution >= 4 is 28.3 Å². The molecule has 1 aromatic heterocycles. The highest BCUT2D eigenvalue weighted by atomic mass is 32.1. The van der Waals surface area contributed by atoms with E-state index in [1.54, 1.807) is 6.92 Å². The van der Waals surface area contributed by atoms with E-state index in [2.05, 4.69) is 10.3 Å². The maximum absolute atomic E-state index is 12.9. The molecular weight excluding hydrogens is 319 g/mol. The SMILES string of the molecule is Cc1nc(NC(=O)c2ccc(F)cc2)sc1C(=O)OCC(C)C. The molecule has 7 heteroatoms. The highest BCUT2D eigenvalue weighted by molar-refractivity contribution is 7.17. The van der Waals surface area contributed by atoms with Crippen LogP contribution < -0.4 is 5.32 Å². The quantitative estimate of drug-likeness (QED) is 0.846. The molecule has 0 aliphatic carbocycles. The first-order chi connectivity index (χ1) is 10.9. The first-order valence-corrected chi connectivity index (χ1v) is 7.90. The van der Waals surface area contributed by atoms with Crippen molar-refractivity contribution in [3.63, 3.8) is 0 Å².